The van der Waals surface area contributed by atoms with Crippen molar-refractivity contribution < 1.29 is 14.3 Å². The van der Waals surface area contributed by atoms with Gasteiger partial charge in [-0.3, -0.25) is 9.48 Å². The van der Waals surface area contributed by atoms with Crippen molar-refractivity contribution in [2.24, 2.45) is 13.0 Å². The summed E-state index contributed by atoms with van der Waals surface area (Å²) in [5.41, 5.74) is 1.70. The Hall–Kier alpha value is -2.34. The molecule has 1 aliphatic heterocycles. The minimum absolute atomic E-state index is 0.0160. The molecule has 2 heterocycles. The van der Waals surface area contributed by atoms with Crippen LogP contribution < -0.4 is 4.74 Å². The maximum absolute atomic E-state index is 12.8. The van der Waals surface area contributed by atoms with Gasteiger partial charge in [-0.2, -0.15) is 0 Å². The molecule has 25 heavy (non-hydrogen) atoms. The smallest absolute Gasteiger partial charge is 0.260 e. The summed E-state index contributed by atoms with van der Waals surface area (Å²) in [5, 5.41) is 4.17. The third-order valence-corrected chi connectivity index (χ3v) is 4.49. The summed E-state index contributed by atoms with van der Waals surface area (Å²) in [6, 6.07) is 10.2. The van der Waals surface area contributed by atoms with Crippen LogP contribution in [0.3, 0.4) is 0 Å². The fourth-order valence-electron chi connectivity index (χ4n) is 3.24. The first kappa shape index (κ1) is 17.5. The molecule has 1 aromatic carbocycles. The molecule has 0 radical (unpaired) electrons. The van der Waals surface area contributed by atoms with E-state index in [0.717, 1.165) is 19.4 Å². The average Bonchev–Trinajstić information content (AvgIpc) is 3.03. The lowest BCUT2D eigenvalue weighted by Gasteiger charge is -2.32. The third-order valence-electron chi connectivity index (χ3n) is 4.49. The van der Waals surface area contributed by atoms with E-state index in [1.165, 1.54) is 12.7 Å². The van der Waals surface area contributed by atoms with Gasteiger partial charge >= 0.3 is 0 Å². The van der Waals surface area contributed by atoms with E-state index < -0.39 is 0 Å². The first-order chi connectivity index (χ1) is 12.2. The summed E-state index contributed by atoms with van der Waals surface area (Å²) in [6.45, 7) is 2.77. The number of hydrogen-bond donors (Lipinski definition) is 0. The van der Waals surface area contributed by atoms with E-state index in [4.69, 9.17) is 9.47 Å². The largest absolute Gasteiger partial charge is 0.479 e. The van der Waals surface area contributed by atoms with Crippen LogP contribution in [-0.4, -0.2) is 47.4 Å². The molecular weight excluding hydrogens is 318 g/mol. The number of likely N-dealkylation sites (tertiary alicyclic amines) is 1. The highest BCUT2D eigenvalue weighted by molar-refractivity contribution is 5.96. The Morgan fingerprint density at radius 2 is 2.12 bits per heavy atom. The standard InChI is InChI=1S/C19H25N3O3/c1-21-12-17(18(20-21)24-2)19(23)22-10-6-9-16(11-22)14-25-13-15-7-4-3-5-8-15/h3-5,7-8,12,16H,6,9-11,13-14H2,1-2H3. The van der Waals surface area contributed by atoms with Crippen LogP contribution >= 0.6 is 0 Å². The molecule has 1 amide bonds. The van der Waals surface area contributed by atoms with Crippen molar-refractivity contribution in [1.29, 1.82) is 0 Å². The van der Waals surface area contributed by atoms with Gasteiger partial charge in [0.15, 0.2) is 0 Å². The van der Waals surface area contributed by atoms with Gasteiger partial charge in [0, 0.05) is 26.3 Å². The zero-order chi connectivity index (χ0) is 17.6. The molecule has 6 heteroatoms. The van der Waals surface area contributed by atoms with E-state index in [-0.39, 0.29) is 5.91 Å². The Labute approximate surface area is 148 Å². The molecule has 1 fully saturated rings. The van der Waals surface area contributed by atoms with Crippen molar-refractivity contribution in [2.75, 3.05) is 26.8 Å². The van der Waals surface area contributed by atoms with Gasteiger partial charge in [-0.05, 0) is 24.3 Å². The summed E-state index contributed by atoms with van der Waals surface area (Å²) in [6.07, 6.45) is 3.80. The monoisotopic (exact) mass is 343 g/mol. The zero-order valence-electron chi connectivity index (χ0n) is 14.9. The fraction of sp³-hybridized carbons (Fsp3) is 0.474. The van der Waals surface area contributed by atoms with Crippen LogP contribution in [0.1, 0.15) is 28.8 Å². The molecule has 1 aliphatic rings. The topological polar surface area (TPSA) is 56.6 Å². The van der Waals surface area contributed by atoms with E-state index in [1.54, 1.807) is 17.9 Å². The number of nitrogens with zero attached hydrogens (tertiary/aromatic N) is 3. The number of rotatable bonds is 6. The molecule has 0 bridgehead atoms. The molecule has 3 rings (SSSR count). The lowest BCUT2D eigenvalue weighted by molar-refractivity contribution is 0.0424. The van der Waals surface area contributed by atoms with Gasteiger partial charge < -0.3 is 14.4 Å². The van der Waals surface area contributed by atoms with Gasteiger partial charge in [0.25, 0.3) is 5.91 Å². The Kier molecular flexibility index (Phi) is 5.71. The molecule has 1 saturated heterocycles. The van der Waals surface area contributed by atoms with Crippen LogP contribution in [-0.2, 0) is 18.4 Å². The summed E-state index contributed by atoms with van der Waals surface area (Å²) in [7, 11) is 3.32. The lowest BCUT2D eigenvalue weighted by Crippen LogP contribution is -2.41. The van der Waals surface area contributed by atoms with Crippen molar-refractivity contribution in [3.63, 3.8) is 0 Å². The van der Waals surface area contributed by atoms with Crippen molar-refractivity contribution >= 4 is 5.91 Å². The highest BCUT2D eigenvalue weighted by atomic mass is 16.5. The Morgan fingerprint density at radius 3 is 2.88 bits per heavy atom. The predicted molar refractivity (Wildman–Crippen MR) is 94.5 cm³/mol. The molecule has 0 spiro atoms. The number of amides is 1. The van der Waals surface area contributed by atoms with E-state index in [9.17, 15) is 4.79 Å². The molecule has 0 aliphatic carbocycles. The van der Waals surface area contributed by atoms with Gasteiger partial charge in [0.05, 0.1) is 20.3 Å². The molecule has 0 saturated carbocycles. The number of aryl methyl sites for hydroxylation is 1. The van der Waals surface area contributed by atoms with Crippen LogP contribution in [0, 0.1) is 5.92 Å². The van der Waals surface area contributed by atoms with Crippen molar-refractivity contribution in [3.8, 4) is 5.88 Å². The number of methoxy groups -OCH3 is 1. The molecule has 0 N–H and O–H groups in total. The highest BCUT2D eigenvalue weighted by Crippen LogP contribution is 2.23. The number of aromatic nitrogens is 2. The normalized spacial score (nSPS) is 17.5. The molecule has 1 unspecified atom stereocenters. The molecule has 1 atom stereocenters. The number of carbonyl (C=O) groups is 1. The van der Waals surface area contributed by atoms with Crippen LogP contribution in [0.5, 0.6) is 5.88 Å². The van der Waals surface area contributed by atoms with Crippen molar-refractivity contribution in [2.45, 2.75) is 19.4 Å². The number of benzene rings is 1. The van der Waals surface area contributed by atoms with Gasteiger partial charge in [-0.1, -0.05) is 30.3 Å². The van der Waals surface area contributed by atoms with Gasteiger partial charge in [0.1, 0.15) is 5.56 Å². The maximum atomic E-state index is 12.8. The van der Waals surface area contributed by atoms with Crippen LogP contribution in [0.25, 0.3) is 0 Å². The number of hydrogen-bond acceptors (Lipinski definition) is 4. The second kappa shape index (κ2) is 8.16. The molecule has 134 valence electrons. The van der Waals surface area contributed by atoms with Gasteiger partial charge in [-0.25, -0.2) is 0 Å². The second-order valence-electron chi connectivity index (χ2n) is 6.49. The molecule has 6 nitrogen and oxygen atoms in total. The summed E-state index contributed by atoms with van der Waals surface area (Å²) in [5.74, 6) is 0.733. The van der Waals surface area contributed by atoms with Gasteiger partial charge in [-0.15, -0.1) is 5.10 Å². The second-order valence-corrected chi connectivity index (χ2v) is 6.49. The SMILES string of the molecule is COc1nn(C)cc1C(=O)N1CCCC(COCc2ccccc2)C1. The maximum Gasteiger partial charge on any atom is 0.260 e. The summed E-state index contributed by atoms with van der Waals surface area (Å²) < 4.78 is 12.7. The van der Waals surface area contributed by atoms with Crippen LogP contribution in [0.2, 0.25) is 0 Å². The fourth-order valence-corrected chi connectivity index (χ4v) is 3.24. The van der Waals surface area contributed by atoms with E-state index >= 15 is 0 Å². The van der Waals surface area contributed by atoms with Gasteiger partial charge in [0.2, 0.25) is 5.88 Å². The number of carbonyl (C=O) groups excluding carboxylic acids is 1. The highest BCUT2D eigenvalue weighted by Gasteiger charge is 2.27. The van der Waals surface area contributed by atoms with E-state index in [0.29, 0.717) is 37.1 Å². The molecule has 1 aromatic heterocycles. The minimum atomic E-state index is -0.0160. The lowest BCUT2D eigenvalue weighted by atomic mass is 9.98. The molecular formula is C19H25N3O3. The Balaban J connectivity index is 1.54. The first-order valence-electron chi connectivity index (χ1n) is 8.66. The number of ether oxygens (including phenoxy) is 2. The Bertz CT molecular complexity index is 699. The summed E-state index contributed by atoms with van der Waals surface area (Å²) in [4.78, 5) is 14.7. The van der Waals surface area contributed by atoms with Crippen molar-refractivity contribution in [3.05, 3.63) is 47.7 Å². The van der Waals surface area contributed by atoms with Crippen LogP contribution in [0.15, 0.2) is 36.5 Å². The average molecular weight is 343 g/mol. The van der Waals surface area contributed by atoms with E-state index in [2.05, 4.69) is 17.2 Å². The quantitative estimate of drug-likeness (QED) is 0.809. The first-order valence-corrected chi connectivity index (χ1v) is 8.66. The molecule has 2 aromatic rings. The van der Waals surface area contributed by atoms with Crippen molar-refractivity contribution in [1.82, 2.24) is 14.7 Å². The zero-order valence-corrected chi connectivity index (χ0v) is 14.9. The van der Waals surface area contributed by atoms with Crippen LogP contribution in [0.4, 0.5) is 0 Å². The number of piperidine rings is 1. The third kappa shape index (κ3) is 4.39. The Morgan fingerprint density at radius 1 is 1.32 bits per heavy atom. The summed E-state index contributed by atoms with van der Waals surface area (Å²) >= 11 is 0. The predicted octanol–water partition coefficient (Wildman–Crippen LogP) is 2.50. The van der Waals surface area contributed by atoms with E-state index in [1.807, 2.05) is 23.1 Å². The minimum Gasteiger partial charge on any atom is -0.479 e.